The number of rotatable bonds is 11. The predicted octanol–water partition coefficient (Wildman–Crippen LogP) is 0.991. The minimum atomic E-state index is -0.761. The van der Waals surface area contributed by atoms with Crippen molar-refractivity contribution in [2.24, 2.45) is 0 Å². The molecule has 0 bridgehead atoms. The van der Waals surface area contributed by atoms with Gasteiger partial charge >= 0.3 is 5.97 Å². The Hall–Kier alpha value is -1.85. The lowest BCUT2D eigenvalue weighted by molar-refractivity contribution is -0.156. The van der Waals surface area contributed by atoms with Gasteiger partial charge in [-0.15, -0.1) is 0 Å². The van der Waals surface area contributed by atoms with Crippen LogP contribution in [0.3, 0.4) is 0 Å². The summed E-state index contributed by atoms with van der Waals surface area (Å²) in [7, 11) is 0. The molecule has 0 aromatic rings. The first-order valence-electron chi connectivity index (χ1n) is 5.69. The van der Waals surface area contributed by atoms with Crippen molar-refractivity contribution in [3.8, 4) is 0 Å². The third-order valence-electron chi connectivity index (χ3n) is 1.95. The Labute approximate surface area is 106 Å². The number of hydrogen-bond donors (Lipinski definition) is 0. The molecule has 0 spiro atoms. The molecule has 0 fully saturated rings. The molecular formula is C12H18O6. The van der Waals surface area contributed by atoms with E-state index in [4.69, 9.17) is 4.74 Å². The second-order valence-corrected chi connectivity index (χ2v) is 3.39. The number of esters is 1. The molecule has 0 saturated heterocycles. The van der Waals surface area contributed by atoms with E-state index in [0.29, 0.717) is 6.42 Å². The lowest BCUT2D eigenvalue weighted by Crippen LogP contribution is -2.26. The van der Waals surface area contributed by atoms with Crippen LogP contribution in [0.15, 0.2) is 12.2 Å². The Morgan fingerprint density at radius 1 is 1.17 bits per heavy atom. The van der Waals surface area contributed by atoms with Crippen LogP contribution in [0.5, 0.6) is 0 Å². The molecule has 1 atom stereocenters. The molecule has 0 aromatic heterocycles. The number of allylic oxidation sites excluding steroid dienone is 2. The minimum absolute atomic E-state index is 0.122. The second kappa shape index (κ2) is 11.6. The van der Waals surface area contributed by atoms with Gasteiger partial charge in [0.2, 0.25) is 0 Å². The molecule has 0 saturated carbocycles. The van der Waals surface area contributed by atoms with Gasteiger partial charge in [-0.25, -0.2) is 0 Å². The Balaban J connectivity index is 3.79. The first kappa shape index (κ1) is 16.1. The quantitative estimate of drug-likeness (QED) is 0.238. The molecule has 102 valence electrons. The highest BCUT2D eigenvalue weighted by atomic mass is 16.6. The second-order valence-electron chi connectivity index (χ2n) is 3.39. The summed E-state index contributed by atoms with van der Waals surface area (Å²) in [5.41, 5.74) is 0. The average molecular weight is 258 g/mol. The molecular weight excluding hydrogens is 240 g/mol. The fourth-order valence-corrected chi connectivity index (χ4v) is 1.10. The van der Waals surface area contributed by atoms with Gasteiger partial charge in [-0.1, -0.05) is 19.1 Å². The standard InChI is InChI=1S/C12H18O6/c1-2-3-4-5-6-12(15)17-8-11(18-10-14)7-16-9-13/h3-4,9-11H,2,5-8H2,1H3/b4-3-. The van der Waals surface area contributed by atoms with Gasteiger partial charge in [0.1, 0.15) is 13.2 Å². The van der Waals surface area contributed by atoms with Crippen LogP contribution in [0, 0.1) is 0 Å². The summed E-state index contributed by atoms with van der Waals surface area (Å²) in [6.07, 6.45) is 4.89. The largest absolute Gasteiger partial charge is 0.464 e. The molecule has 6 nitrogen and oxygen atoms in total. The van der Waals surface area contributed by atoms with Crippen molar-refractivity contribution in [2.45, 2.75) is 32.3 Å². The fourth-order valence-electron chi connectivity index (χ4n) is 1.10. The molecule has 0 aliphatic rings. The number of hydrogen-bond acceptors (Lipinski definition) is 6. The third kappa shape index (κ3) is 9.38. The van der Waals surface area contributed by atoms with E-state index >= 15 is 0 Å². The summed E-state index contributed by atoms with van der Waals surface area (Å²) >= 11 is 0. The molecule has 6 heteroatoms. The monoisotopic (exact) mass is 258 g/mol. The Morgan fingerprint density at radius 3 is 2.56 bits per heavy atom. The summed E-state index contributed by atoms with van der Waals surface area (Å²) in [4.78, 5) is 31.4. The lowest BCUT2D eigenvalue weighted by Gasteiger charge is -2.13. The summed E-state index contributed by atoms with van der Waals surface area (Å²) in [6.45, 7) is 2.20. The van der Waals surface area contributed by atoms with Crippen LogP contribution in [0.4, 0.5) is 0 Å². The van der Waals surface area contributed by atoms with Gasteiger partial charge in [0.15, 0.2) is 6.10 Å². The van der Waals surface area contributed by atoms with E-state index < -0.39 is 6.10 Å². The van der Waals surface area contributed by atoms with Gasteiger partial charge in [0, 0.05) is 6.42 Å². The molecule has 0 radical (unpaired) electrons. The van der Waals surface area contributed by atoms with Crippen molar-refractivity contribution in [1.29, 1.82) is 0 Å². The van der Waals surface area contributed by atoms with Crippen molar-refractivity contribution >= 4 is 18.9 Å². The molecule has 1 unspecified atom stereocenters. The first-order valence-corrected chi connectivity index (χ1v) is 5.69. The van der Waals surface area contributed by atoms with Gasteiger partial charge in [-0.05, 0) is 12.8 Å². The summed E-state index contributed by atoms with van der Waals surface area (Å²) in [5.74, 6) is -0.388. The Morgan fingerprint density at radius 2 is 1.94 bits per heavy atom. The highest BCUT2D eigenvalue weighted by molar-refractivity contribution is 5.69. The SMILES string of the molecule is CC/C=C\CCC(=O)OCC(COC=O)OC=O. The first-order chi connectivity index (χ1) is 8.74. The molecule has 0 aliphatic heterocycles. The van der Waals surface area contributed by atoms with E-state index in [2.05, 4.69) is 9.47 Å². The molecule has 0 heterocycles. The van der Waals surface area contributed by atoms with Crippen molar-refractivity contribution in [3.63, 3.8) is 0 Å². The minimum Gasteiger partial charge on any atom is -0.464 e. The van der Waals surface area contributed by atoms with Gasteiger partial charge in [0.25, 0.3) is 12.9 Å². The van der Waals surface area contributed by atoms with Gasteiger partial charge in [0.05, 0.1) is 0 Å². The van der Waals surface area contributed by atoms with Crippen molar-refractivity contribution < 1.29 is 28.6 Å². The number of carbonyl (C=O) groups excluding carboxylic acids is 3. The van der Waals surface area contributed by atoms with Crippen LogP contribution in [0.25, 0.3) is 0 Å². The predicted molar refractivity (Wildman–Crippen MR) is 62.6 cm³/mol. The lowest BCUT2D eigenvalue weighted by atomic mass is 10.3. The molecule has 0 amide bonds. The zero-order valence-corrected chi connectivity index (χ0v) is 10.4. The average Bonchev–Trinajstić information content (AvgIpc) is 2.38. The number of ether oxygens (including phenoxy) is 3. The highest BCUT2D eigenvalue weighted by Gasteiger charge is 2.13. The summed E-state index contributed by atoms with van der Waals surface area (Å²) < 4.78 is 13.9. The molecule has 0 aromatic carbocycles. The van der Waals surface area contributed by atoms with E-state index in [1.54, 1.807) is 0 Å². The van der Waals surface area contributed by atoms with Gasteiger partial charge in [-0.3, -0.25) is 14.4 Å². The molecule has 0 N–H and O–H groups in total. The Bertz CT molecular complexity index is 274. The van der Waals surface area contributed by atoms with Crippen LogP contribution >= 0.6 is 0 Å². The highest BCUT2D eigenvalue weighted by Crippen LogP contribution is 1.99. The van der Waals surface area contributed by atoms with Gasteiger partial charge < -0.3 is 14.2 Å². The number of carbonyl (C=O) groups is 3. The van der Waals surface area contributed by atoms with Crippen LogP contribution in [-0.2, 0) is 28.6 Å². The van der Waals surface area contributed by atoms with E-state index in [-0.39, 0.29) is 38.5 Å². The Kier molecular flexibility index (Phi) is 10.4. The smallest absolute Gasteiger partial charge is 0.306 e. The van der Waals surface area contributed by atoms with Gasteiger partial charge in [-0.2, -0.15) is 0 Å². The van der Waals surface area contributed by atoms with E-state index in [1.165, 1.54) is 0 Å². The fraction of sp³-hybridized carbons (Fsp3) is 0.583. The summed E-state index contributed by atoms with van der Waals surface area (Å²) in [6, 6.07) is 0. The van der Waals surface area contributed by atoms with Crippen LogP contribution < -0.4 is 0 Å². The van der Waals surface area contributed by atoms with E-state index in [0.717, 1.165) is 6.42 Å². The van der Waals surface area contributed by atoms with E-state index in [1.807, 2.05) is 19.1 Å². The topological polar surface area (TPSA) is 78.9 Å². The summed E-state index contributed by atoms with van der Waals surface area (Å²) in [5, 5.41) is 0. The molecule has 0 rings (SSSR count). The zero-order chi connectivity index (χ0) is 13.6. The van der Waals surface area contributed by atoms with Crippen LogP contribution in [0.1, 0.15) is 26.2 Å². The van der Waals surface area contributed by atoms with Crippen molar-refractivity contribution in [1.82, 2.24) is 0 Å². The maximum atomic E-state index is 11.3. The maximum absolute atomic E-state index is 11.3. The van der Waals surface area contributed by atoms with Crippen molar-refractivity contribution in [3.05, 3.63) is 12.2 Å². The van der Waals surface area contributed by atoms with Crippen molar-refractivity contribution in [2.75, 3.05) is 13.2 Å². The zero-order valence-electron chi connectivity index (χ0n) is 10.4. The van der Waals surface area contributed by atoms with Crippen LogP contribution in [-0.4, -0.2) is 38.2 Å². The maximum Gasteiger partial charge on any atom is 0.306 e. The third-order valence-corrected chi connectivity index (χ3v) is 1.95. The normalized spacial score (nSPS) is 11.8. The van der Waals surface area contributed by atoms with Crippen LogP contribution in [0.2, 0.25) is 0 Å². The molecule has 0 aliphatic carbocycles. The molecule has 18 heavy (non-hydrogen) atoms. The van der Waals surface area contributed by atoms with E-state index in [9.17, 15) is 14.4 Å².